The van der Waals surface area contributed by atoms with Crippen LogP contribution in [0.2, 0.25) is 0 Å². The summed E-state index contributed by atoms with van der Waals surface area (Å²) in [5.41, 5.74) is -1.92. The van der Waals surface area contributed by atoms with Gasteiger partial charge in [0.05, 0.1) is 23.7 Å². The van der Waals surface area contributed by atoms with Crippen LogP contribution in [0.5, 0.6) is 11.5 Å². The van der Waals surface area contributed by atoms with E-state index in [1.165, 1.54) is 36.8 Å². The number of ether oxygens (including phenoxy) is 2. The molecule has 164 valence electrons. The van der Waals surface area contributed by atoms with Gasteiger partial charge in [-0.1, -0.05) is 0 Å². The topological polar surface area (TPSA) is 111 Å². The van der Waals surface area contributed by atoms with E-state index in [4.69, 9.17) is 9.47 Å². The molecule has 0 fully saturated rings. The summed E-state index contributed by atoms with van der Waals surface area (Å²) in [6.07, 6.45) is 0. The van der Waals surface area contributed by atoms with Crippen molar-refractivity contribution in [2.75, 3.05) is 7.11 Å². The van der Waals surface area contributed by atoms with E-state index in [-0.39, 0.29) is 28.1 Å². The fourth-order valence-electron chi connectivity index (χ4n) is 3.19. The fourth-order valence-corrected chi connectivity index (χ4v) is 4.02. The molecule has 0 aliphatic heterocycles. The molecule has 0 aliphatic rings. The lowest BCUT2D eigenvalue weighted by molar-refractivity contribution is 0.0704. The van der Waals surface area contributed by atoms with Gasteiger partial charge in [-0.3, -0.25) is 4.79 Å². The van der Waals surface area contributed by atoms with Crippen LogP contribution < -0.4 is 20.7 Å². The van der Waals surface area contributed by atoms with Gasteiger partial charge in [-0.15, -0.1) is 11.3 Å². The number of halogens is 2. The molecule has 32 heavy (non-hydrogen) atoms. The van der Waals surface area contributed by atoms with Gasteiger partial charge in [0.15, 0.2) is 0 Å². The minimum absolute atomic E-state index is 0.0460. The third-order valence-corrected chi connectivity index (χ3v) is 5.61. The highest BCUT2D eigenvalue weighted by atomic mass is 32.1. The Labute approximate surface area is 181 Å². The third kappa shape index (κ3) is 3.73. The summed E-state index contributed by atoms with van der Waals surface area (Å²) in [4.78, 5) is 38.9. The molecule has 4 aromatic rings. The number of methoxy groups -OCH3 is 1. The Balaban J connectivity index is 1.77. The zero-order valence-corrected chi connectivity index (χ0v) is 17.2. The van der Waals surface area contributed by atoms with Crippen molar-refractivity contribution >= 4 is 28.2 Å². The van der Waals surface area contributed by atoms with Gasteiger partial charge in [-0.05, 0) is 30.3 Å². The van der Waals surface area contributed by atoms with Crippen molar-refractivity contribution in [2.24, 2.45) is 0 Å². The molecule has 0 amide bonds. The number of carbonyl (C=O) groups is 1. The van der Waals surface area contributed by atoms with Crippen LogP contribution >= 0.6 is 11.3 Å². The summed E-state index contributed by atoms with van der Waals surface area (Å²) in [5, 5.41) is 10.4. The Bertz CT molecular complexity index is 1470. The van der Waals surface area contributed by atoms with E-state index >= 15 is 0 Å². The molecule has 0 spiro atoms. The second-order valence-corrected chi connectivity index (χ2v) is 7.47. The van der Waals surface area contributed by atoms with Crippen LogP contribution in [0.4, 0.5) is 8.78 Å². The van der Waals surface area contributed by atoms with E-state index in [1.807, 2.05) is 0 Å². The van der Waals surface area contributed by atoms with Crippen LogP contribution in [0.25, 0.3) is 16.6 Å². The molecule has 4 rings (SSSR count). The van der Waals surface area contributed by atoms with Crippen molar-refractivity contribution in [1.29, 1.82) is 0 Å². The summed E-state index contributed by atoms with van der Waals surface area (Å²) in [5.74, 6) is -2.28. The Hall–Kier alpha value is -3.99. The van der Waals surface area contributed by atoms with Crippen molar-refractivity contribution in [2.45, 2.75) is 6.61 Å². The number of fused-ring (bicyclic) bond motifs is 1. The maximum absolute atomic E-state index is 14.6. The molecule has 0 aliphatic carbocycles. The maximum Gasteiger partial charge on any atom is 0.346 e. The minimum Gasteiger partial charge on any atom is -0.496 e. The molecule has 2 N–H and O–H groups in total. The molecule has 8 nitrogen and oxygen atoms in total. The fraction of sp³-hybridized carbons (Fsp3) is 0.0952. The van der Waals surface area contributed by atoms with Crippen LogP contribution in [0.1, 0.15) is 15.2 Å². The molecule has 2 aromatic heterocycles. The lowest BCUT2D eigenvalue weighted by Gasteiger charge is -2.12. The second kappa shape index (κ2) is 8.27. The van der Waals surface area contributed by atoms with Gasteiger partial charge in [-0.25, -0.2) is 22.9 Å². The summed E-state index contributed by atoms with van der Waals surface area (Å²) in [6, 6.07) is 7.26. The molecular weight excluding hydrogens is 446 g/mol. The summed E-state index contributed by atoms with van der Waals surface area (Å²) in [6.45, 7) is -0.135. The number of aromatic carboxylic acids is 1. The lowest BCUT2D eigenvalue weighted by atomic mass is 10.2. The van der Waals surface area contributed by atoms with Gasteiger partial charge in [0.1, 0.15) is 34.6 Å². The Morgan fingerprint density at radius 3 is 2.69 bits per heavy atom. The predicted molar refractivity (Wildman–Crippen MR) is 112 cm³/mol. The minimum atomic E-state index is -1.35. The van der Waals surface area contributed by atoms with Gasteiger partial charge < -0.3 is 19.6 Å². The number of carboxylic acids is 1. The zero-order chi connectivity index (χ0) is 23.0. The first kappa shape index (κ1) is 21.2. The average molecular weight is 460 g/mol. The van der Waals surface area contributed by atoms with Crippen molar-refractivity contribution in [1.82, 2.24) is 9.55 Å². The largest absolute Gasteiger partial charge is 0.496 e. The normalized spacial score (nSPS) is 11.0. The van der Waals surface area contributed by atoms with E-state index in [0.29, 0.717) is 15.9 Å². The molecule has 2 aromatic carbocycles. The van der Waals surface area contributed by atoms with Crippen LogP contribution in [0.3, 0.4) is 0 Å². The molecule has 0 unspecified atom stereocenters. The monoisotopic (exact) mass is 460 g/mol. The second-order valence-electron chi connectivity index (χ2n) is 6.59. The van der Waals surface area contributed by atoms with Gasteiger partial charge in [-0.2, -0.15) is 0 Å². The standard InChI is InChI=1S/C21H14F2N2O6S/c1-30-16-5-2-11(22)6-10(16)8-31-12-3-4-13(23)15(7-12)25-19(26)17-14(24-21(25)29)9-32-18(17)20(27)28/h2-7,9H,8H2,1H3,(H,24,29)(H,27,28). The smallest absolute Gasteiger partial charge is 0.346 e. The SMILES string of the molecule is COc1ccc(F)cc1COc1ccc(F)c(-n2c(=O)[nH]c3csc(C(=O)O)c3c2=O)c1. The van der Waals surface area contributed by atoms with Crippen LogP contribution in [0, 0.1) is 11.6 Å². The zero-order valence-electron chi connectivity index (χ0n) is 16.3. The van der Waals surface area contributed by atoms with Crippen molar-refractivity contribution in [3.8, 4) is 17.2 Å². The Morgan fingerprint density at radius 2 is 1.97 bits per heavy atom. The Morgan fingerprint density at radius 1 is 1.19 bits per heavy atom. The summed E-state index contributed by atoms with van der Waals surface area (Å²) < 4.78 is 39.4. The number of thiophene rings is 1. The molecular formula is C21H14F2N2O6S. The van der Waals surface area contributed by atoms with Crippen LogP contribution in [0.15, 0.2) is 51.4 Å². The van der Waals surface area contributed by atoms with E-state index in [1.54, 1.807) is 0 Å². The van der Waals surface area contributed by atoms with Crippen molar-refractivity contribution < 1.29 is 28.2 Å². The van der Waals surface area contributed by atoms with Gasteiger partial charge in [0, 0.05) is 17.0 Å². The molecule has 0 atom stereocenters. The van der Waals surface area contributed by atoms with E-state index < -0.39 is 34.5 Å². The first-order valence-corrected chi connectivity index (χ1v) is 9.93. The number of aromatic amines is 1. The average Bonchev–Trinajstić information content (AvgIpc) is 3.18. The van der Waals surface area contributed by atoms with E-state index in [2.05, 4.69) is 4.98 Å². The van der Waals surface area contributed by atoms with Gasteiger partial charge in [0.25, 0.3) is 5.56 Å². The number of carboxylic acid groups (broad SMARTS) is 1. The quantitative estimate of drug-likeness (QED) is 0.457. The molecule has 0 radical (unpaired) electrons. The Kier molecular flexibility index (Phi) is 5.49. The highest BCUT2D eigenvalue weighted by molar-refractivity contribution is 7.13. The summed E-state index contributed by atoms with van der Waals surface area (Å²) >= 11 is 0.771. The van der Waals surface area contributed by atoms with E-state index in [0.717, 1.165) is 23.5 Å². The maximum atomic E-state index is 14.6. The number of nitrogens with zero attached hydrogens (tertiary/aromatic N) is 1. The first-order chi connectivity index (χ1) is 15.3. The number of H-pyrrole nitrogens is 1. The lowest BCUT2D eigenvalue weighted by Crippen LogP contribution is -2.34. The number of benzene rings is 2. The van der Waals surface area contributed by atoms with Crippen LogP contribution in [-0.2, 0) is 6.61 Å². The predicted octanol–water partition coefficient (Wildman–Crippen LogP) is 3.30. The summed E-state index contributed by atoms with van der Waals surface area (Å²) in [7, 11) is 1.41. The van der Waals surface area contributed by atoms with Crippen LogP contribution in [-0.4, -0.2) is 27.7 Å². The van der Waals surface area contributed by atoms with E-state index in [9.17, 15) is 28.3 Å². The molecule has 11 heteroatoms. The van der Waals surface area contributed by atoms with Crippen molar-refractivity contribution in [3.05, 3.63) is 84.7 Å². The first-order valence-electron chi connectivity index (χ1n) is 9.05. The number of hydrogen-bond acceptors (Lipinski definition) is 6. The number of hydrogen-bond donors (Lipinski definition) is 2. The highest BCUT2D eigenvalue weighted by Crippen LogP contribution is 2.25. The van der Waals surface area contributed by atoms with Gasteiger partial charge in [0.2, 0.25) is 0 Å². The molecule has 0 saturated carbocycles. The molecule has 2 heterocycles. The number of rotatable bonds is 6. The third-order valence-electron chi connectivity index (χ3n) is 4.64. The van der Waals surface area contributed by atoms with Crippen molar-refractivity contribution in [3.63, 3.8) is 0 Å². The number of nitrogens with one attached hydrogen (secondary N) is 1. The molecule has 0 bridgehead atoms. The number of aromatic nitrogens is 2. The van der Waals surface area contributed by atoms with Gasteiger partial charge >= 0.3 is 11.7 Å². The molecule has 0 saturated heterocycles. The highest BCUT2D eigenvalue weighted by Gasteiger charge is 2.20.